The molecular weight excluding hydrogens is 362 g/mol. The van der Waals surface area contributed by atoms with Crippen LogP contribution in [0.2, 0.25) is 0 Å². The first-order chi connectivity index (χ1) is 13.4. The molecule has 0 bridgehead atoms. The number of hydrogen-bond acceptors (Lipinski definition) is 9. The zero-order chi connectivity index (χ0) is 20.5. The third-order valence-corrected chi connectivity index (χ3v) is 3.47. The quantitative estimate of drug-likeness (QED) is 0.356. The van der Waals surface area contributed by atoms with Gasteiger partial charge in [-0.3, -0.25) is 9.59 Å². The van der Waals surface area contributed by atoms with Crippen LogP contribution in [0.4, 0.5) is 23.0 Å². The van der Waals surface area contributed by atoms with Gasteiger partial charge in [-0.05, 0) is 38.4 Å². The molecule has 148 valence electrons. The number of pyridine rings is 1. The normalized spacial score (nSPS) is 11.0. The third-order valence-electron chi connectivity index (χ3n) is 3.47. The number of hydrogen-bond donors (Lipinski definition) is 3. The predicted molar refractivity (Wildman–Crippen MR) is 106 cm³/mol. The summed E-state index contributed by atoms with van der Waals surface area (Å²) in [7, 11) is 3.75. The summed E-state index contributed by atoms with van der Waals surface area (Å²) in [5.41, 5.74) is 11.8. The van der Waals surface area contributed by atoms with Crippen molar-refractivity contribution in [2.24, 2.45) is 16.0 Å². The Labute approximate surface area is 162 Å². The van der Waals surface area contributed by atoms with E-state index >= 15 is 0 Å². The van der Waals surface area contributed by atoms with Gasteiger partial charge in [0.05, 0.1) is 13.0 Å². The van der Waals surface area contributed by atoms with Gasteiger partial charge in [0.1, 0.15) is 17.2 Å². The fourth-order valence-corrected chi connectivity index (χ4v) is 2.04. The number of nitrogen functional groups attached to an aromatic ring is 1. The Hall–Kier alpha value is -3.37. The maximum absolute atomic E-state index is 12.0. The third kappa shape index (κ3) is 6.41. The van der Waals surface area contributed by atoms with E-state index in [1.54, 1.807) is 30.3 Å². The van der Waals surface area contributed by atoms with Crippen molar-refractivity contribution < 1.29 is 14.3 Å². The van der Waals surface area contributed by atoms with E-state index in [4.69, 9.17) is 16.2 Å². The average molecular weight is 385 g/mol. The first-order valence-electron chi connectivity index (χ1n) is 8.51. The first kappa shape index (κ1) is 20.9. The molecule has 1 heterocycles. The van der Waals surface area contributed by atoms with Gasteiger partial charge >= 0.3 is 5.97 Å². The number of nitrogens with one attached hydrogen (secondary N) is 1. The molecule has 0 unspecified atom stereocenters. The topological polar surface area (TPSA) is 148 Å². The van der Waals surface area contributed by atoms with Crippen LogP contribution in [0.3, 0.4) is 0 Å². The largest absolute Gasteiger partial charge is 0.424 e. The Morgan fingerprint density at radius 1 is 1.14 bits per heavy atom. The number of esters is 1. The standard InChI is InChI=1S/C18H23N7O3/c1-25(2)10-9-17(27)28-14-6-4-3-5-12(14)23-24-13-7-8-15(22-18(13)20)21-16(26)11-19/h3-8H,9-11,19H2,1-2H3,(H3,20,21,22,26)/b24-23+. The van der Waals surface area contributed by atoms with E-state index in [1.165, 1.54) is 6.07 Å². The molecule has 10 heteroatoms. The lowest BCUT2D eigenvalue weighted by atomic mass is 10.3. The van der Waals surface area contributed by atoms with Gasteiger partial charge in [-0.1, -0.05) is 12.1 Å². The second-order valence-electron chi connectivity index (χ2n) is 6.05. The molecule has 1 aromatic carbocycles. The number of carbonyl (C=O) groups is 2. The minimum absolute atomic E-state index is 0.0824. The predicted octanol–water partition coefficient (Wildman–Crippen LogP) is 1.83. The number of aromatic nitrogens is 1. The van der Waals surface area contributed by atoms with Crippen molar-refractivity contribution in [2.75, 3.05) is 38.2 Å². The minimum Gasteiger partial charge on any atom is -0.424 e. The van der Waals surface area contributed by atoms with Gasteiger partial charge < -0.3 is 26.4 Å². The molecule has 28 heavy (non-hydrogen) atoms. The summed E-state index contributed by atoms with van der Waals surface area (Å²) in [5, 5.41) is 10.7. The Morgan fingerprint density at radius 2 is 1.86 bits per heavy atom. The number of nitrogens with zero attached hydrogens (tertiary/aromatic N) is 4. The molecule has 0 aliphatic carbocycles. The lowest BCUT2D eigenvalue weighted by Crippen LogP contribution is -2.22. The highest BCUT2D eigenvalue weighted by atomic mass is 16.5. The Kier molecular flexibility index (Phi) is 7.55. The summed E-state index contributed by atoms with van der Waals surface area (Å²) in [6.45, 7) is 0.421. The van der Waals surface area contributed by atoms with Crippen LogP contribution in [-0.2, 0) is 9.59 Å². The molecule has 5 N–H and O–H groups in total. The fraction of sp³-hybridized carbons (Fsp3) is 0.278. The van der Waals surface area contributed by atoms with Gasteiger partial charge in [0.15, 0.2) is 11.6 Å². The first-order valence-corrected chi connectivity index (χ1v) is 8.51. The maximum atomic E-state index is 12.0. The van der Waals surface area contributed by atoms with Crippen LogP contribution in [0, 0.1) is 0 Å². The van der Waals surface area contributed by atoms with Crippen molar-refractivity contribution in [3.63, 3.8) is 0 Å². The van der Waals surface area contributed by atoms with Crippen molar-refractivity contribution in [2.45, 2.75) is 6.42 Å². The van der Waals surface area contributed by atoms with Crippen LogP contribution >= 0.6 is 0 Å². The van der Waals surface area contributed by atoms with E-state index in [0.717, 1.165) is 0 Å². The molecule has 0 aliphatic heterocycles. The Morgan fingerprint density at radius 3 is 2.54 bits per heavy atom. The highest BCUT2D eigenvalue weighted by Crippen LogP contribution is 2.30. The summed E-state index contributed by atoms with van der Waals surface area (Å²) < 4.78 is 5.36. The number of nitrogens with two attached hydrogens (primary N) is 2. The van der Waals surface area contributed by atoms with Crippen molar-refractivity contribution in [1.82, 2.24) is 9.88 Å². The molecule has 0 saturated heterocycles. The van der Waals surface area contributed by atoms with Gasteiger partial charge in [-0.2, -0.15) is 0 Å². The van der Waals surface area contributed by atoms with Crippen molar-refractivity contribution >= 4 is 34.9 Å². The van der Waals surface area contributed by atoms with Crippen LogP contribution < -0.4 is 21.5 Å². The molecule has 0 fully saturated rings. The van der Waals surface area contributed by atoms with Crippen LogP contribution in [0.5, 0.6) is 5.75 Å². The van der Waals surface area contributed by atoms with Crippen LogP contribution in [-0.4, -0.2) is 48.9 Å². The monoisotopic (exact) mass is 385 g/mol. The average Bonchev–Trinajstić information content (AvgIpc) is 2.66. The smallest absolute Gasteiger partial charge is 0.312 e. The van der Waals surface area contributed by atoms with E-state index < -0.39 is 0 Å². The molecule has 10 nitrogen and oxygen atoms in total. The molecule has 0 saturated carbocycles. The molecule has 0 aliphatic rings. The number of azo groups is 1. The van der Waals surface area contributed by atoms with Gasteiger partial charge in [-0.15, -0.1) is 10.2 Å². The summed E-state index contributed by atoms with van der Waals surface area (Å²) >= 11 is 0. The fourth-order valence-electron chi connectivity index (χ4n) is 2.04. The molecule has 1 amide bonds. The number of benzene rings is 1. The molecule has 0 radical (unpaired) electrons. The minimum atomic E-state index is -0.383. The number of ether oxygens (including phenoxy) is 1. The summed E-state index contributed by atoms with van der Waals surface area (Å²) in [5.74, 6) is -0.0988. The number of para-hydroxylation sites is 1. The molecular formula is C18H23N7O3. The number of amides is 1. The number of rotatable bonds is 8. The summed E-state index contributed by atoms with van der Waals surface area (Å²) in [4.78, 5) is 29.2. The Bertz CT molecular complexity index is 868. The van der Waals surface area contributed by atoms with E-state index in [-0.39, 0.29) is 36.5 Å². The molecule has 2 rings (SSSR count). The van der Waals surface area contributed by atoms with Gasteiger partial charge in [0, 0.05) is 6.54 Å². The maximum Gasteiger partial charge on any atom is 0.312 e. The Balaban J connectivity index is 2.12. The SMILES string of the molecule is CN(C)CCC(=O)Oc1ccccc1/N=N/c1ccc(NC(=O)CN)nc1N. The van der Waals surface area contributed by atoms with E-state index in [0.29, 0.717) is 23.7 Å². The highest BCUT2D eigenvalue weighted by Gasteiger charge is 2.10. The lowest BCUT2D eigenvalue weighted by molar-refractivity contribution is -0.134. The zero-order valence-electron chi connectivity index (χ0n) is 15.8. The van der Waals surface area contributed by atoms with Crippen molar-refractivity contribution in [3.05, 3.63) is 36.4 Å². The van der Waals surface area contributed by atoms with E-state index in [2.05, 4.69) is 20.5 Å². The molecule has 2 aromatic rings. The molecule has 0 spiro atoms. The van der Waals surface area contributed by atoms with Crippen LogP contribution in [0.15, 0.2) is 46.6 Å². The van der Waals surface area contributed by atoms with E-state index in [1.807, 2.05) is 19.0 Å². The van der Waals surface area contributed by atoms with Crippen molar-refractivity contribution in [3.8, 4) is 5.75 Å². The zero-order valence-corrected chi connectivity index (χ0v) is 15.8. The second kappa shape index (κ2) is 10.1. The summed E-state index contributed by atoms with van der Waals surface area (Å²) in [6, 6.07) is 9.87. The lowest BCUT2D eigenvalue weighted by Gasteiger charge is -2.10. The van der Waals surface area contributed by atoms with Gasteiger partial charge in [0.2, 0.25) is 5.91 Å². The highest BCUT2D eigenvalue weighted by molar-refractivity contribution is 5.91. The summed E-state index contributed by atoms with van der Waals surface area (Å²) in [6.07, 6.45) is 0.255. The van der Waals surface area contributed by atoms with E-state index in [9.17, 15) is 9.59 Å². The number of carbonyl (C=O) groups excluding carboxylic acids is 2. The van der Waals surface area contributed by atoms with Crippen LogP contribution in [0.25, 0.3) is 0 Å². The second-order valence-corrected chi connectivity index (χ2v) is 6.05. The molecule has 0 atom stereocenters. The van der Waals surface area contributed by atoms with Gasteiger partial charge in [-0.25, -0.2) is 4.98 Å². The van der Waals surface area contributed by atoms with Crippen LogP contribution in [0.1, 0.15) is 6.42 Å². The van der Waals surface area contributed by atoms with Gasteiger partial charge in [0.25, 0.3) is 0 Å². The van der Waals surface area contributed by atoms with Crippen molar-refractivity contribution in [1.29, 1.82) is 0 Å². The number of anilines is 2. The molecule has 1 aromatic heterocycles.